The number of hydrogen-bond acceptors (Lipinski definition) is 3. The second kappa shape index (κ2) is 7.74. The molecule has 0 radical (unpaired) electrons. The van der Waals surface area contributed by atoms with Crippen LogP contribution in [0, 0.1) is 12.8 Å². The molecule has 1 unspecified atom stereocenters. The van der Waals surface area contributed by atoms with Crippen LogP contribution in [0.1, 0.15) is 19.4 Å². The molecule has 0 aliphatic heterocycles. The van der Waals surface area contributed by atoms with Crippen molar-refractivity contribution in [3.63, 3.8) is 0 Å². The number of carboxylic acids is 1. The van der Waals surface area contributed by atoms with E-state index in [4.69, 9.17) is 5.11 Å². The van der Waals surface area contributed by atoms with E-state index in [2.05, 4.69) is 31.2 Å². The first-order chi connectivity index (χ1) is 8.50. The Hall–Kier alpha value is -0.610. The van der Waals surface area contributed by atoms with E-state index < -0.39 is 5.97 Å². The molecule has 0 fully saturated rings. The highest BCUT2D eigenvalue weighted by Crippen LogP contribution is 2.24. The van der Waals surface area contributed by atoms with Crippen molar-refractivity contribution >= 4 is 29.5 Å². The standard InChI is InChI=1S/C14H20O2S2/c1-10(2)13(14(15)16)18-9-8-17-12-6-4-11(3)5-7-12/h4-7,10,13H,8-9H2,1-3H3,(H,15,16). The van der Waals surface area contributed by atoms with Crippen molar-refractivity contribution in [1.29, 1.82) is 0 Å². The van der Waals surface area contributed by atoms with Gasteiger partial charge >= 0.3 is 5.97 Å². The maximum absolute atomic E-state index is 11.0. The number of aliphatic carboxylic acids is 1. The Balaban J connectivity index is 2.29. The first-order valence-corrected chi connectivity index (χ1v) is 8.08. The van der Waals surface area contributed by atoms with Crippen LogP contribution in [0.2, 0.25) is 0 Å². The molecule has 0 aliphatic carbocycles. The Morgan fingerprint density at radius 2 is 1.83 bits per heavy atom. The summed E-state index contributed by atoms with van der Waals surface area (Å²) in [7, 11) is 0. The third-order valence-electron chi connectivity index (χ3n) is 2.52. The van der Waals surface area contributed by atoms with E-state index in [-0.39, 0.29) is 11.2 Å². The van der Waals surface area contributed by atoms with Gasteiger partial charge in [-0.05, 0) is 25.0 Å². The van der Waals surface area contributed by atoms with Gasteiger partial charge in [0.2, 0.25) is 0 Å². The number of thioether (sulfide) groups is 2. The van der Waals surface area contributed by atoms with E-state index in [0.29, 0.717) is 0 Å². The molecule has 0 amide bonds. The number of carbonyl (C=O) groups is 1. The molecule has 1 N–H and O–H groups in total. The molecule has 100 valence electrons. The van der Waals surface area contributed by atoms with Crippen LogP contribution in [0.25, 0.3) is 0 Å². The van der Waals surface area contributed by atoms with Gasteiger partial charge in [-0.15, -0.1) is 23.5 Å². The lowest BCUT2D eigenvalue weighted by Crippen LogP contribution is -2.23. The fourth-order valence-corrected chi connectivity index (χ4v) is 3.58. The fourth-order valence-electron chi connectivity index (χ4n) is 1.52. The van der Waals surface area contributed by atoms with Gasteiger partial charge in [-0.1, -0.05) is 31.5 Å². The molecule has 0 saturated heterocycles. The highest BCUT2D eigenvalue weighted by Gasteiger charge is 2.21. The smallest absolute Gasteiger partial charge is 0.316 e. The summed E-state index contributed by atoms with van der Waals surface area (Å²) in [4.78, 5) is 12.3. The van der Waals surface area contributed by atoms with Gasteiger partial charge in [0.1, 0.15) is 5.25 Å². The predicted octanol–water partition coefficient (Wildman–Crippen LogP) is 3.93. The summed E-state index contributed by atoms with van der Waals surface area (Å²) in [5.74, 6) is 1.30. The molecule has 0 bridgehead atoms. The largest absolute Gasteiger partial charge is 0.480 e. The average Bonchev–Trinajstić information content (AvgIpc) is 2.30. The molecule has 0 spiro atoms. The van der Waals surface area contributed by atoms with Crippen molar-refractivity contribution in [2.45, 2.75) is 30.9 Å². The van der Waals surface area contributed by atoms with Gasteiger partial charge < -0.3 is 5.11 Å². The SMILES string of the molecule is Cc1ccc(SCCSC(C(=O)O)C(C)C)cc1. The van der Waals surface area contributed by atoms with Crippen LogP contribution in [0.3, 0.4) is 0 Å². The van der Waals surface area contributed by atoms with Crippen molar-refractivity contribution in [2.75, 3.05) is 11.5 Å². The number of benzene rings is 1. The van der Waals surface area contributed by atoms with Gasteiger partial charge in [-0.3, -0.25) is 4.79 Å². The first kappa shape index (κ1) is 15.4. The molecule has 1 rings (SSSR count). The van der Waals surface area contributed by atoms with Gasteiger partial charge in [0.15, 0.2) is 0 Å². The molecule has 0 aromatic heterocycles. The summed E-state index contributed by atoms with van der Waals surface area (Å²) in [5.41, 5.74) is 1.26. The molecular formula is C14H20O2S2. The second-order valence-electron chi connectivity index (χ2n) is 4.54. The van der Waals surface area contributed by atoms with Gasteiger partial charge in [-0.25, -0.2) is 0 Å². The van der Waals surface area contributed by atoms with Crippen molar-refractivity contribution in [1.82, 2.24) is 0 Å². The maximum atomic E-state index is 11.0. The summed E-state index contributed by atoms with van der Waals surface area (Å²) in [6.45, 7) is 5.99. The quantitative estimate of drug-likeness (QED) is 0.608. The molecule has 2 nitrogen and oxygen atoms in total. The van der Waals surface area contributed by atoms with E-state index in [1.54, 1.807) is 11.8 Å². The summed E-state index contributed by atoms with van der Waals surface area (Å²) < 4.78 is 0. The van der Waals surface area contributed by atoms with E-state index in [1.165, 1.54) is 22.2 Å². The lowest BCUT2D eigenvalue weighted by Gasteiger charge is -2.15. The molecule has 18 heavy (non-hydrogen) atoms. The van der Waals surface area contributed by atoms with Gasteiger partial charge in [0, 0.05) is 16.4 Å². The summed E-state index contributed by atoms with van der Waals surface area (Å²) in [6, 6.07) is 8.43. The molecule has 0 heterocycles. The lowest BCUT2D eigenvalue weighted by atomic mass is 10.1. The number of rotatable bonds is 7. The van der Waals surface area contributed by atoms with Crippen molar-refractivity contribution < 1.29 is 9.90 Å². The Morgan fingerprint density at radius 1 is 1.22 bits per heavy atom. The molecule has 4 heteroatoms. The van der Waals surface area contributed by atoms with E-state index in [0.717, 1.165) is 11.5 Å². The number of carboxylic acid groups (broad SMARTS) is 1. The maximum Gasteiger partial charge on any atom is 0.316 e. The average molecular weight is 284 g/mol. The van der Waals surface area contributed by atoms with E-state index in [1.807, 2.05) is 13.8 Å². The van der Waals surface area contributed by atoms with Crippen molar-refractivity contribution in [2.24, 2.45) is 5.92 Å². The number of hydrogen-bond donors (Lipinski definition) is 1. The summed E-state index contributed by atoms with van der Waals surface area (Å²) >= 11 is 3.32. The topological polar surface area (TPSA) is 37.3 Å². The summed E-state index contributed by atoms with van der Waals surface area (Å²) in [6.07, 6.45) is 0. The van der Waals surface area contributed by atoms with Crippen LogP contribution >= 0.6 is 23.5 Å². The Labute approximate surface area is 118 Å². The van der Waals surface area contributed by atoms with Crippen LogP contribution in [-0.4, -0.2) is 27.8 Å². The minimum atomic E-state index is -0.699. The highest BCUT2D eigenvalue weighted by atomic mass is 32.2. The zero-order chi connectivity index (χ0) is 13.5. The Bertz CT molecular complexity index is 374. The Kier molecular flexibility index (Phi) is 6.65. The van der Waals surface area contributed by atoms with Gasteiger partial charge in [-0.2, -0.15) is 0 Å². The highest BCUT2D eigenvalue weighted by molar-refractivity contribution is 8.03. The molecule has 1 atom stereocenters. The van der Waals surface area contributed by atoms with Crippen LogP contribution < -0.4 is 0 Å². The molecular weight excluding hydrogens is 264 g/mol. The van der Waals surface area contributed by atoms with Crippen molar-refractivity contribution in [3.8, 4) is 0 Å². The van der Waals surface area contributed by atoms with Crippen LogP contribution in [0.5, 0.6) is 0 Å². The predicted molar refractivity (Wildman–Crippen MR) is 80.6 cm³/mol. The zero-order valence-electron chi connectivity index (χ0n) is 11.1. The zero-order valence-corrected chi connectivity index (χ0v) is 12.7. The van der Waals surface area contributed by atoms with Gasteiger partial charge in [0.05, 0.1) is 0 Å². The van der Waals surface area contributed by atoms with Crippen molar-refractivity contribution in [3.05, 3.63) is 29.8 Å². The van der Waals surface area contributed by atoms with E-state index >= 15 is 0 Å². The minimum Gasteiger partial charge on any atom is -0.480 e. The minimum absolute atomic E-state index is 0.178. The lowest BCUT2D eigenvalue weighted by molar-refractivity contribution is -0.137. The van der Waals surface area contributed by atoms with E-state index in [9.17, 15) is 4.79 Å². The normalized spacial score (nSPS) is 12.7. The molecule has 0 aliphatic rings. The number of aryl methyl sites for hydroxylation is 1. The molecule has 0 saturated carbocycles. The van der Waals surface area contributed by atoms with Crippen LogP contribution in [-0.2, 0) is 4.79 Å². The third kappa shape index (κ3) is 5.36. The Morgan fingerprint density at radius 3 is 2.33 bits per heavy atom. The third-order valence-corrected chi connectivity index (χ3v) is 5.34. The molecule has 1 aromatic carbocycles. The van der Waals surface area contributed by atoms with Gasteiger partial charge in [0.25, 0.3) is 0 Å². The monoisotopic (exact) mass is 284 g/mol. The second-order valence-corrected chi connectivity index (χ2v) is 6.95. The molecule has 1 aromatic rings. The fraction of sp³-hybridized carbons (Fsp3) is 0.500. The first-order valence-electron chi connectivity index (χ1n) is 6.04. The van der Waals surface area contributed by atoms with Crippen LogP contribution in [0.15, 0.2) is 29.2 Å². The summed E-state index contributed by atoms with van der Waals surface area (Å²) in [5, 5.41) is 8.77. The van der Waals surface area contributed by atoms with Crippen LogP contribution in [0.4, 0.5) is 0 Å².